The topological polar surface area (TPSA) is 104 Å². The van der Waals surface area contributed by atoms with E-state index >= 15 is 0 Å². The molecule has 2 aliphatic rings. The number of H-pyrrole nitrogens is 1. The van der Waals surface area contributed by atoms with Crippen LogP contribution in [0.25, 0.3) is 5.57 Å². The van der Waals surface area contributed by atoms with Crippen molar-refractivity contribution >= 4 is 29.6 Å². The molecule has 0 radical (unpaired) electrons. The molecule has 3 heterocycles. The van der Waals surface area contributed by atoms with E-state index in [0.717, 1.165) is 43.5 Å². The molecule has 0 aromatic carbocycles. The van der Waals surface area contributed by atoms with Crippen molar-refractivity contribution in [1.82, 2.24) is 15.0 Å². The number of nitrogens with one attached hydrogen (secondary N) is 2. The van der Waals surface area contributed by atoms with Gasteiger partial charge in [-0.05, 0) is 82.9 Å². The molecule has 35 heavy (non-hydrogen) atoms. The molecule has 0 bridgehead atoms. The number of allylic oxidation sites excluding steroid dienone is 2. The normalized spacial score (nSPS) is 20.8. The minimum absolute atomic E-state index is 0. The van der Waals surface area contributed by atoms with E-state index in [1.807, 2.05) is 18.2 Å². The number of amides is 1. The minimum atomic E-state index is -0.387. The molecular weight excluding hydrogens is 462 g/mol. The number of pyridine rings is 1. The van der Waals surface area contributed by atoms with Gasteiger partial charge in [0.25, 0.3) is 5.91 Å². The molecule has 0 atom stereocenters. The van der Waals surface area contributed by atoms with Crippen molar-refractivity contribution in [3.05, 3.63) is 47.3 Å². The van der Waals surface area contributed by atoms with Gasteiger partial charge in [-0.25, -0.2) is 4.98 Å². The minimum Gasteiger partial charge on any atom is -0.370 e. The van der Waals surface area contributed by atoms with Crippen molar-refractivity contribution < 1.29 is 9.53 Å². The number of aromatic amines is 1. The molecule has 0 spiro atoms. The third kappa shape index (κ3) is 6.31. The molecule has 0 unspecified atom stereocenters. The number of imidazole rings is 1. The van der Waals surface area contributed by atoms with Crippen molar-refractivity contribution in [3.8, 4) is 6.07 Å². The van der Waals surface area contributed by atoms with Crippen LogP contribution in [0.5, 0.6) is 0 Å². The van der Waals surface area contributed by atoms with Crippen molar-refractivity contribution in [2.75, 3.05) is 5.32 Å². The molecule has 4 rings (SSSR count). The highest BCUT2D eigenvalue weighted by Crippen LogP contribution is 2.44. The lowest BCUT2D eigenvalue weighted by molar-refractivity contribution is -0.162. The van der Waals surface area contributed by atoms with Crippen LogP contribution in [-0.4, -0.2) is 32.1 Å². The molecule has 2 N–H and O–H groups in total. The molecule has 2 aromatic rings. The predicted molar refractivity (Wildman–Crippen MR) is 140 cm³/mol. The van der Waals surface area contributed by atoms with E-state index in [1.165, 1.54) is 11.8 Å². The van der Waals surface area contributed by atoms with Gasteiger partial charge in [0.2, 0.25) is 0 Å². The SMILES string of the molecule is CC1(C)CC=C(c2nc(C3CC(C)(C)OC(C)(C)C3)ccc2NC(=O)c2ncc(C#N)[nH]2)CC1.Cl. The number of carbonyl (C=O) groups is 1. The molecule has 8 heteroatoms. The van der Waals surface area contributed by atoms with Crippen LogP contribution in [-0.2, 0) is 4.74 Å². The van der Waals surface area contributed by atoms with Crippen LogP contribution in [0.3, 0.4) is 0 Å². The number of halogens is 1. The maximum absolute atomic E-state index is 12.9. The molecule has 1 aliphatic carbocycles. The Morgan fingerprint density at radius 3 is 2.43 bits per heavy atom. The van der Waals surface area contributed by atoms with Gasteiger partial charge in [0.15, 0.2) is 5.82 Å². The lowest BCUT2D eigenvalue weighted by Gasteiger charge is -2.45. The number of nitriles is 1. The van der Waals surface area contributed by atoms with Crippen LogP contribution in [0.4, 0.5) is 5.69 Å². The third-order valence-corrected chi connectivity index (χ3v) is 6.80. The van der Waals surface area contributed by atoms with E-state index in [0.29, 0.717) is 5.69 Å². The number of nitrogens with zero attached hydrogens (tertiary/aromatic N) is 3. The number of hydrogen-bond acceptors (Lipinski definition) is 5. The van der Waals surface area contributed by atoms with E-state index in [1.54, 1.807) is 0 Å². The molecular formula is C27H36ClN5O2. The highest BCUT2D eigenvalue weighted by atomic mass is 35.5. The second-order valence-electron chi connectivity index (χ2n) is 11.7. The number of rotatable bonds is 4. The zero-order chi connectivity index (χ0) is 24.7. The summed E-state index contributed by atoms with van der Waals surface area (Å²) in [5, 5.41) is 12.0. The number of hydrogen-bond donors (Lipinski definition) is 2. The number of aromatic nitrogens is 3. The number of anilines is 1. The Hall–Kier alpha value is -2.69. The third-order valence-electron chi connectivity index (χ3n) is 6.80. The first-order chi connectivity index (χ1) is 15.9. The van der Waals surface area contributed by atoms with Gasteiger partial charge >= 0.3 is 0 Å². The summed E-state index contributed by atoms with van der Waals surface area (Å²) in [5.74, 6) is -0.00761. The summed E-state index contributed by atoms with van der Waals surface area (Å²) in [6.07, 6.45) is 8.37. The maximum Gasteiger partial charge on any atom is 0.291 e. The highest BCUT2D eigenvalue weighted by Gasteiger charge is 2.40. The molecule has 2 aromatic heterocycles. The Labute approximate surface area is 214 Å². The summed E-state index contributed by atoms with van der Waals surface area (Å²) in [6, 6.07) is 5.95. The quantitative estimate of drug-likeness (QED) is 0.508. The molecule has 0 saturated carbocycles. The Bertz CT molecular complexity index is 1160. The summed E-state index contributed by atoms with van der Waals surface area (Å²) < 4.78 is 6.29. The molecule has 1 amide bonds. The summed E-state index contributed by atoms with van der Waals surface area (Å²) >= 11 is 0. The van der Waals surface area contributed by atoms with Gasteiger partial charge in [0.05, 0.1) is 28.8 Å². The zero-order valence-electron chi connectivity index (χ0n) is 21.5. The average molecular weight is 498 g/mol. The molecule has 1 saturated heterocycles. The zero-order valence-corrected chi connectivity index (χ0v) is 22.3. The Morgan fingerprint density at radius 2 is 1.86 bits per heavy atom. The van der Waals surface area contributed by atoms with Gasteiger partial charge < -0.3 is 15.0 Å². The predicted octanol–water partition coefficient (Wildman–Crippen LogP) is 6.40. The Morgan fingerprint density at radius 1 is 1.17 bits per heavy atom. The largest absolute Gasteiger partial charge is 0.370 e. The van der Waals surface area contributed by atoms with Crippen molar-refractivity contribution in [2.45, 2.75) is 90.8 Å². The molecule has 1 aliphatic heterocycles. The van der Waals surface area contributed by atoms with Gasteiger partial charge in [-0.2, -0.15) is 5.26 Å². The van der Waals surface area contributed by atoms with E-state index in [4.69, 9.17) is 15.0 Å². The second kappa shape index (κ2) is 9.75. The van der Waals surface area contributed by atoms with Gasteiger partial charge in [-0.3, -0.25) is 9.78 Å². The Balaban J connectivity index is 0.00000342. The first-order valence-corrected chi connectivity index (χ1v) is 12.0. The lowest BCUT2D eigenvalue weighted by atomic mass is 9.77. The van der Waals surface area contributed by atoms with Crippen LogP contribution in [0.15, 0.2) is 24.4 Å². The maximum atomic E-state index is 12.9. The van der Waals surface area contributed by atoms with Crippen molar-refractivity contribution in [2.24, 2.45) is 5.41 Å². The molecule has 7 nitrogen and oxygen atoms in total. The monoisotopic (exact) mass is 497 g/mol. The van der Waals surface area contributed by atoms with Crippen molar-refractivity contribution in [1.29, 1.82) is 5.26 Å². The van der Waals surface area contributed by atoms with Crippen molar-refractivity contribution in [3.63, 3.8) is 0 Å². The van der Waals surface area contributed by atoms with Crippen LogP contribution in [0.2, 0.25) is 0 Å². The van der Waals surface area contributed by atoms with E-state index < -0.39 is 0 Å². The standard InChI is InChI=1S/C27H35N5O2.ClH/c1-25(2)11-9-17(10-12-25)22-21(32-24(33)23-29-16-19(15-28)30-23)8-7-20(31-22)18-13-26(3,4)34-27(5,6)14-18;/h7-9,16,18H,10-14H2,1-6H3,(H,29,30)(H,32,33);1H. The van der Waals surface area contributed by atoms with E-state index in [2.05, 4.69) is 62.9 Å². The van der Waals surface area contributed by atoms with Gasteiger partial charge in [-0.15, -0.1) is 12.4 Å². The average Bonchev–Trinajstić information content (AvgIpc) is 3.21. The summed E-state index contributed by atoms with van der Waals surface area (Å²) in [4.78, 5) is 24.8. The van der Waals surface area contributed by atoms with Gasteiger partial charge in [-0.1, -0.05) is 19.9 Å². The number of carbonyl (C=O) groups excluding carboxylic acids is 1. The molecule has 1 fully saturated rings. The second-order valence-corrected chi connectivity index (χ2v) is 11.7. The molecule has 188 valence electrons. The van der Waals surface area contributed by atoms with Gasteiger partial charge in [0.1, 0.15) is 11.8 Å². The fourth-order valence-corrected chi connectivity index (χ4v) is 5.31. The summed E-state index contributed by atoms with van der Waals surface area (Å²) in [5.41, 5.74) is 3.75. The fraction of sp³-hybridized carbons (Fsp3) is 0.556. The first kappa shape index (κ1) is 26.9. The summed E-state index contributed by atoms with van der Waals surface area (Å²) in [7, 11) is 0. The number of ether oxygens (including phenoxy) is 1. The lowest BCUT2D eigenvalue weighted by Crippen LogP contribution is -2.44. The summed E-state index contributed by atoms with van der Waals surface area (Å²) in [6.45, 7) is 13.1. The first-order valence-electron chi connectivity index (χ1n) is 12.0. The highest BCUT2D eigenvalue weighted by molar-refractivity contribution is 6.03. The van der Waals surface area contributed by atoms with Crippen LogP contribution < -0.4 is 5.32 Å². The van der Waals surface area contributed by atoms with E-state index in [-0.39, 0.29) is 52.4 Å². The van der Waals surface area contributed by atoms with E-state index in [9.17, 15) is 4.79 Å². The Kier molecular flexibility index (Phi) is 7.50. The van der Waals surface area contributed by atoms with Crippen LogP contribution in [0.1, 0.15) is 107 Å². The smallest absolute Gasteiger partial charge is 0.291 e. The van der Waals surface area contributed by atoms with Gasteiger partial charge in [0, 0.05) is 11.6 Å². The fourth-order valence-electron chi connectivity index (χ4n) is 5.31. The van der Waals surface area contributed by atoms with Crippen LogP contribution in [0, 0.1) is 16.7 Å². The van der Waals surface area contributed by atoms with Crippen LogP contribution >= 0.6 is 12.4 Å².